The van der Waals surface area contributed by atoms with Gasteiger partial charge in [-0.25, -0.2) is 0 Å². The van der Waals surface area contributed by atoms with Gasteiger partial charge in [0.15, 0.2) is 8.07 Å². The van der Waals surface area contributed by atoms with Crippen LogP contribution in [0.2, 0.25) is 0 Å². The molecule has 0 nitrogen and oxygen atoms in total. The Morgan fingerprint density at radius 2 is 0.543 bits per heavy atom. The third kappa shape index (κ3) is 9.52. The van der Waals surface area contributed by atoms with Crippen LogP contribution in [0.3, 0.4) is 0 Å². The van der Waals surface area contributed by atoms with E-state index in [-0.39, 0.29) is 5.92 Å². The summed E-state index contributed by atoms with van der Waals surface area (Å²) in [5, 5.41) is 6.19. The molecule has 9 aromatic carbocycles. The fourth-order valence-electron chi connectivity index (χ4n) is 11.8. The third-order valence-electron chi connectivity index (χ3n) is 15.5. The van der Waals surface area contributed by atoms with Crippen molar-refractivity contribution in [2.75, 3.05) is 0 Å². The molecule has 0 saturated carbocycles. The number of hydrogen-bond donors (Lipinski definition) is 0. The minimum atomic E-state index is -3.40. The van der Waals surface area contributed by atoms with Gasteiger partial charge in [0, 0.05) is 0 Å². The van der Waals surface area contributed by atoms with Gasteiger partial charge in [-0.15, -0.1) is 0 Å². The number of benzene rings is 9. The van der Waals surface area contributed by atoms with E-state index in [0.717, 1.165) is 38.5 Å². The molecule has 0 saturated heterocycles. The summed E-state index contributed by atoms with van der Waals surface area (Å²) in [4.78, 5) is 0. The van der Waals surface area contributed by atoms with Gasteiger partial charge in [0.2, 0.25) is 0 Å². The molecule has 0 spiro atoms. The van der Waals surface area contributed by atoms with Gasteiger partial charge in [-0.2, -0.15) is 0 Å². The van der Waals surface area contributed by atoms with Crippen molar-refractivity contribution < 1.29 is 0 Å². The first-order chi connectivity index (χ1) is 34.4. The fourth-order valence-corrected chi connectivity index (χ4v) is 18.3. The largest absolute Gasteiger partial charge is 0.177 e. The Kier molecular flexibility index (Phi) is 14.0. The molecule has 0 aliphatic heterocycles. The Morgan fingerprint density at radius 3 is 0.786 bits per heavy atom. The smallest absolute Gasteiger partial charge is 0.0636 e. The average molecular weight is 921 g/mol. The fraction of sp³-hybridized carbons (Fsp3) is 0.159. The van der Waals surface area contributed by atoms with Crippen molar-refractivity contribution in [1.82, 2.24) is 0 Å². The zero-order chi connectivity index (χ0) is 47.9. The zero-order valence-electron chi connectivity index (χ0n) is 41.3. The Morgan fingerprint density at radius 1 is 0.286 bits per heavy atom. The molecule has 0 heterocycles. The van der Waals surface area contributed by atoms with Crippen LogP contribution in [0.25, 0.3) is 0 Å². The van der Waals surface area contributed by atoms with Crippen molar-refractivity contribution in [3.05, 3.63) is 325 Å². The van der Waals surface area contributed by atoms with Gasteiger partial charge in [0.1, 0.15) is 0 Å². The van der Waals surface area contributed by atoms with E-state index in [2.05, 4.69) is 264 Å². The number of rotatable bonds is 16. The molecule has 1 aliphatic carbocycles. The molecule has 344 valence electrons. The summed E-state index contributed by atoms with van der Waals surface area (Å²) in [6.07, 6.45) is 5.11. The Balaban J connectivity index is 1.40. The average Bonchev–Trinajstić information content (AvgIpc) is 3.59. The third-order valence-corrected chi connectivity index (χ3v) is 20.9. The molecule has 10 rings (SSSR count). The molecule has 1 aliphatic rings. The van der Waals surface area contributed by atoms with Crippen molar-refractivity contribution in [2.45, 2.75) is 66.2 Å². The second-order valence-electron chi connectivity index (χ2n) is 19.6. The first-order valence-electron chi connectivity index (χ1n) is 25.3. The molecule has 70 heavy (non-hydrogen) atoms. The molecule has 1 unspecified atom stereocenters. The lowest BCUT2D eigenvalue weighted by Gasteiger charge is -2.43. The summed E-state index contributed by atoms with van der Waals surface area (Å²) < 4.78 is 0. The van der Waals surface area contributed by atoms with Crippen LogP contribution in [0, 0.1) is 5.92 Å². The van der Waals surface area contributed by atoms with Crippen molar-refractivity contribution >= 4 is 23.6 Å². The Labute approximate surface area is 418 Å². The highest BCUT2D eigenvalue weighted by Gasteiger charge is 2.51. The topological polar surface area (TPSA) is 0 Å². The van der Waals surface area contributed by atoms with E-state index >= 15 is 0 Å². The van der Waals surface area contributed by atoms with Crippen LogP contribution in [-0.4, -0.2) is 8.07 Å². The second-order valence-corrected chi connectivity index (χ2v) is 23.3. The summed E-state index contributed by atoms with van der Waals surface area (Å²) >= 11 is 0. The van der Waals surface area contributed by atoms with Crippen LogP contribution >= 0.6 is 0 Å². The lowest BCUT2D eigenvalue weighted by atomic mass is 9.94. The molecule has 1 atom stereocenters. The van der Waals surface area contributed by atoms with E-state index < -0.39 is 8.07 Å². The first-order valence-corrected chi connectivity index (χ1v) is 27.3. The van der Waals surface area contributed by atoms with Crippen LogP contribution < -0.4 is 15.6 Å². The SMILES string of the molecule is CC1=C(C)C(C)C([Si](c2cccc(Cc3ccccc3)c2Cc2ccccc2)(c2cccc(Cc3ccccc3)c2Cc2ccccc2)c2cccc(Cc3ccccc3)c2Cc2ccccc2)=C1C. The van der Waals surface area contributed by atoms with Gasteiger partial charge in [-0.1, -0.05) is 260 Å². The highest BCUT2D eigenvalue weighted by atomic mass is 28.3. The van der Waals surface area contributed by atoms with Crippen molar-refractivity contribution in [3.63, 3.8) is 0 Å². The van der Waals surface area contributed by atoms with Gasteiger partial charge in [0.25, 0.3) is 0 Å². The normalized spacial score (nSPS) is 13.8. The summed E-state index contributed by atoms with van der Waals surface area (Å²) in [5.41, 5.74) is 21.1. The van der Waals surface area contributed by atoms with E-state index in [1.807, 2.05) is 0 Å². The maximum Gasteiger partial charge on any atom is 0.177 e. The molecular weight excluding hydrogens is 857 g/mol. The predicted octanol–water partition coefficient (Wildman–Crippen LogP) is 14.5. The molecule has 0 bridgehead atoms. The summed E-state index contributed by atoms with van der Waals surface area (Å²) in [6, 6.07) is 89.7. The van der Waals surface area contributed by atoms with Gasteiger partial charge in [0.05, 0.1) is 0 Å². The van der Waals surface area contributed by atoms with E-state index in [9.17, 15) is 0 Å². The molecule has 0 amide bonds. The minimum Gasteiger partial charge on any atom is -0.0636 e. The van der Waals surface area contributed by atoms with Crippen LogP contribution in [0.15, 0.2) is 259 Å². The van der Waals surface area contributed by atoms with Crippen LogP contribution in [0.4, 0.5) is 0 Å². The molecule has 9 aromatic rings. The lowest BCUT2D eigenvalue weighted by Crippen LogP contribution is -2.72. The molecule has 1 heteroatoms. The molecule has 0 aromatic heterocycles. The van der Waals surface area contributed by atoms with Crippen molar-refractivity contribution in [2.24, 2.45) is 5.92 Å². The standard InChI is InChI=1S/C69H64Si/c1-50-51(2)53(4)69(52(50)3)70(66-41-23-38-60(44-54-26-11-5-12-27-54)63(66)47-57-32-17-8-18-33-57,67-42-24-39-61(45-55-28-13-6-14-29-55)64(67)48-58-34-19-9-20-35-58)68-43-25-40-62(46-56-30-15-7-16-31-56)65(68)49-59-36-21-10-22-37-59/h5-43,52H,44-49H2,1-4H3. The number of hydrogen-bond acceptors (Lipinski definition) is 0. The molecule has 0 fully saturated rings. The molecule has 0 N–H and O–H groups in total. The molecular formula is C69H64Si. The summed E-state index contributed by atoms with van der Waals surface area (Å²) in [7, 11) is -3.40. The van der Waals surface area contributed by atoms with Gasteiger partial charge < -0.3 is 0 Å². The zero-order valence-corrected chi connectivity index (χ0v) is 42.3. The second kappa shape index (κ2) is 21.1. The van der Waals surface area contributed by atoms with E-state index in [1.165, 1.54) is 99.0 Å². The minimum absolute atomic E-state index is 0.235. The number of allylic oxidation sites excluding steroid dienone is 4. The predicted molar refractivity (Wildman–Crippen MR) is 300 cm³/mol. The van der Waals surface area contributed by atoms with E-state index in [4.69, 9.17) is 0 Å². The van der Waals surface area contributed by atoms with Crippen LogP contribution in [0.5, 0.6) is 0 Å². The van der Waals surface area contributed by atoms with E-state index in [0.29, 0.717) is 0 Å². The van der Waals surface area contributed by atoms with Crippen molar-refractivity contribution in [1.29, 1.82) is 0 Å². The van der Waals surface area contributed by atoms with Crippen LogP contribution in [0.1, 0.15) is 94.5 Å². The van der Waals surface area contributed by atoms with Crippen molar-refractivity contribution in [3.8, 4) is 0 Å². The molecule has 0 radical (unpaired) electrons. The first kappa shape index (κ1) is 46.4. The quantitative estimate of drug-likeness (QED) is 0.0669. The maximum atomic E-state index is 2.60. The lowest BCUT2D eigenvalue weighted by molar-refractivity contribution is 0.851. The summed E-state index contributed by atoms with van der Waals surface area (Å²) in [5.74, 6) is 0.235. The highest BCUT2D eigenvalue weighted by molar-refractivity contribution is 7.17. The Hall–Kier alpha value is -7.32. The maximum absolute atomic E-state index is 3.40. The van der Waals surface area contributed by atoms with Crippen LogP contribution in [-0.2, 0) is 38.5 Å². The van der Waals surface area contributed by atoms with Gasteiger partial charge in [-0.05, 0) is 153 Å². The van der Waals surface area contributed by atoms with E-state index in [1.54, 1.807) is 5.20 Å². The highest BCUT2D eigenvalue weighted by Crippen LogP contribution is 2.43. The summed E-state index contributed by atoms with van der Waals surface area (Å²) in [6.45, 7) is 9.82. The Bertz CT molecular complexity index is 2940. The van der Waals surface area contributed by atoms with Gasteiger partial charge >= 0.3 is 0 Å². The van der Waals surface area contributed by atoms with Gasteiger partial charge in [-0.3, -0.25) is 0 Å². The monoisotopic (exact) mass is 920 g/mol.